The summed E-state index contributed by atoms with van der Waals surface area (Å²) < 4.78 is 34.1. The molecule has 0 aromatic carbocycles. The van der Waals surface area contributed by atoms with E-state index in [1.54, 1.807) is 125 Å². The Morgan fingerprint density at radius 2 is 0.469 bits per heavy atom. The van der Waals surface area contributed by atoms with Gasteiger partial charge in [-0.15, -0.1) is 0 Å². The van der Waals surface area contributed by atoms with Crippen molar-refractivity contribution in [1.29, 1.82) is 0 Å². The lowest BCUT2D eigenvalue weighted by molar-refractivity contribution is -0.167. The Labute approximate surface area is 478 Å². The predicted octanol–water partition coefficient (Wildman–Crippen LogP) is 3.51. The van der Waals surface area contributed by atoms with Gasteiger partial charge in [0.15, 0.2) is 36.6 Å². The molecule has 0 aliphatic carbocycles. The Morgan fingerprint density at radius 1 is 0.272 bits per heavy atom. The number of ether oxygens (including phenoxy) is 6. The second kappa shape index (κ2) is 33.5. The SMILES string of the molecule is CC(C)C[C@H]1OC(=O)[C@H](C(C)C)NC(=O)C(C(C)C)OC(=O)[C@@H](C)NC(=O)[C@@H](CC(C)C)OC(=O)[C@H](C(C)C)NC(=O)[C@H](C(C)C)OC(=O)[C@@H](C)NC(=O)[C@@H](CC(C)C)OC(=O)[C@H](C(C)C)NC(=O)[C@H](C(C)C)OC(=O)[C@@H](C)NC1=O. The molecule has 1 fully saturated rings. The standard InChI is InChI=1S/C57H96N6O18/c1-25(2)22-37-46(64)58-34(19)52(70)79-44(32(15)16)50(68)62-41(29(9)10)56(74)77-39(24-27(5)6)48(66)60-36(21)54(72)81-45(33(17)18)51(69)63-42(30(11)12)57(75)78-38(23-26(3)4)47(65)59-35(20)53(71)80-43(31(13)14)49(67)61-40(28(7)8)55(73)76-37/h25-45H,22-24H2,1-21H3,(H,58,64)(H,59,65)(H,60,66)(H,61,67)(H,62,68)(H,63,69)/t34-,35-,36-,37-,38-,39-,40+,41+,42+,43+,44+,45?/m1/s1. The van der Waals surface area contributed by atoms with Gasteiger partial charge in [-0.25, -0.2) is 28.8 Å². The van der Waals surface area contributed by atoms with E-state index in [4.69, 9.17) is 28.4 Å². The van der Waals surface area contributed by atoms with E-state index >= 15 is 0 Å². The Morgan fingerprint density at radius 3 is 0.630 bits per heavy atom. The van der Waals surface area contributed by atoms with Gasteiger partial charge in [0.25, 0.3) is 35.4 Å². The van der Waals surface area contributed by atoms with Crippen molar-refractivity contribution in [2.24, 2.45) is 53.3 Å². The molecule has 0 spiro atoms. The Hall–Kier alpha value is -6.36. The highest BCUT2D eigenvalue weighted by atomic mass is 16.6. The molecule has 6 amide bonds. The van der Waals surface area contributed by atoms with Gasteiger partial charge in [-0.3, -0.25) is 28.8 Å². The fraction of sp³-hybridized carbons (Fsp3) is 0.789. The van der Waals surface area contributed by atoms with Gasteiger partial charge < -0.3 is 60.3 Å². The van der Waals surface area contributed by atoms with Crippen LogP contribution in [0.25, 0.3) is 0 Å². The topological polar surface area (TPSA) is 332 Å². The molecule has 1 aliphatic heterocycles. The lowest BCUT2D eigenvalue weighted by Gasteiger charge is -2.30. The maximum absolute atomic E-state index is 13.9. The summed E-state index contributed by atoms with van der Waals surface area (Å²) in [6.45, 7) is 33.4. The molecule has 0 bridgehead atoms. The fourth-order valence-electron chi connectivity index (χ4n) is 8.00. The summed E-state index contributed by atoms with van der Waals surface area (Å²) in [5, 5.41) is 15.2. The summed E-state index contributed by atoms with van der Waals surface area (Å²) in [6, 6.07) is -8.46. The van der Waals surface area contributed by atoms with Crippen LogP contribution in [0.4, 0.5) is 0 Å². The molecule has 0 radical (unpaired) electrons. The van der Waals surface area contributed by atoms with Gasteiger partial charge in [0.1, 0.15) is 36.3 Å². The molecule has 1 heterocycles. The second-order valence-electron chi connectivity index (χ2n) is 24.4. The Kier molecular flexibility index (Phi) is 30.1. The summed E-state index contributed by atoms with van der Waals surface area (Å²) in [5.74, 6) is -16.4. The summed E-state index contributed by atoms with van der Waals surface area (Å²) >= 11 is 0. The van der Waals surface area contributed by atoms with E-state index < -0.39 is 180 Å². The maximum Gasteiger partial charge on any atom is 0.329 e. The van der Waals surface area contributed by atoms with Crippen LogP contribution in [0.3, 0.4) is 0 Å². The molecular weight excluding hydrogens is 1060 g/mol. The van der Waals surface area contributed by atoms with E-state index in [9.17, 15) is 57.5 Å². The first-order chi connectivity index (χ1) is 37.3. The van der Waals surface area contributed by atoms with E-state index in [0.717, 1.165) is 0 Å². The monoisotopic (exact) mass is 1150 g/mol. The van der Waals surface area contributed by atoms with E-state index in [2.05, 4.69) is 31.9 Å². The third-order valence-corrected chi connectivity index (χ3v) is 12.8. The number of esters is 6. The van der Waals surface area contributed by atoms with Gasteiger partial charge in [-0.2, -0.15) is 0 Å². The van der Waals surface area contributed by atoms with Gasteiger partial charge in [0.05, 0.1) is 0 Å². The third-order valence-electron chi connectivity index (χ3n) is 12.8. The quantitative estimate of drug-likeness (QED) is 0.120. The molecule has 6 N–H and O–H groups in total. The molecule has 0 saturated carbocycles. The van der Waals surface area contributed by atoms with E-state index in [1.807, 2.05) is 0 Å². The molecule has 1 aliphatic rings. The first kappa shape index (κ1) is 72.7. The highest BCUT2D eigenvalue weighted by Crippen LogP contribution is 2.20. The van der Waals surface area contributed by atoms with Gasteiger partial charge in [0, 0.05) is 0 Å². The normalized spacial score (nSPS) is 28.2. The van der Waals surface area contributed by atoms with Gasteiger partial charge in [-0.1, -0.05) is 125 Å². The highest BCUT2D eigenvalue weighted by Gasteiger charge is 2.41. The number of hydrogen-bond acceptors (Lipinski definition) is 18. The van der Waals surface area contributed by atoms with Crippen LogP contribution in [0.1, 0.15) is 165 Å². The van der Waals surface area contributed by atoms with Crippen molar-refractivity contribution in [2.75, 3.05) is 0 Å². The van der Waals surface area contributed by atoms with Crippen molar-refractivity contribution < 1.29 is 86.0 Å². The molecule has 12 atom stereocenters. The second-order valence-corrected chi connectivity index (χ2v) is 24.4. The first-order valence-electron chi connectivity index (χ1n) is 28.4. The number of carbonyl (C=O) groups excluding carboxylic acids is 12. The first-order valence-corrected chi connectivity index (χ1v) is 28.4. The average Bonchev–Trinajstić information content (AvgIpc) is 3.33. The Bertz CT molecular complexity index is 1960. The van der Waals surface area contributed by atoms with Crippen LogP contribution in [0.15, 0.2) is 0 Å². The molecule has 24 heteroatoms. The van der Waals surface area contributed by atoms with Crippen LogP contribution >= 0.6 is 0 Å². The minimum atomic E-state index is -1.52. The van der Waals surface area contributed by atoms with Crippen molar-refractivity contribution >= 4 is 71.3 Å². The Balaban J connectivity index is 3.93. The number of amides is 6. The maximum atomic E-state index is 13.9. The molecule has 462 valence electrons. The lowest BCUT2D eigenvalue weighted by Crippen LogP contribution is -2.55. The number of cyclic esters (lactones) is 6. The smallest absolute Gasteiger partial charge is 0.329 e. The molecule has 0 aromatic rings. The van der Waals surface area contributed by atoms with Crippen molar-refractivity contribution in [2.45, 2.75) is 238 Å². The summed E-state index contributed by atoms with van der Waals surface area (Å²) in [4.78, 5) is 166. The van der Waals surface area contributed by atoms with Crippen LogP contribution < -0.4 is 31.9 Å². The van der Waals surface area contributed by atoms with Crippen molar-refractivity contribution in [3.8, 4) is 0 Å². The number of hydrogen-bond donors (Lipinski definition) is 6. The zero-order valence-electron chi connectivity index (χ0n) is 51.6. The molecule has 1 rings (SSSR count). The number of nitrogens with one attached hydrogen (secondary N) is 6. The molecule has 81 heavy (non-hydrogen) atoms. The third kappa shape index (κ3) is 23.9. The zero-order valence-corrected chi connectivity index (χ0v) is 51.6. The minimum absolute atomic E-state index is 0.0340. The van der Waals surface area contributed by atoms with E-state index in [-0.39, 0.29) is 37.0 Å². The zero-order chi connectivity index (χ0) is 62.7. The molecule has 1 saturated heterocycles. The van der Waals surface area contributed by atoms with Gasteiger partial charge >= 0.3 is 35.8 Å². The summed E-state index contributed by atoms with van der Waals surface area (Å²) in [5.41, 5.74) is 0. The van der Waals surface area contributed by atoms with E-state index in [1.165, 1.54) is 20.8 Å². The van der Waals surface area contributed by atoms with Gasteiger partial charge in [0.2, 0.25) is 0 Å². The predicted molar refractivity (Wildman–Crippen MR) is 295 cm³/mol. The van der Waals surface area contributed by atoms with Crippen LogP contribution in [-0.2, 0) is 86.0 Å². The summed E-state index contributed by atoms with van der Waals surface area (Å²) in [7, 11) is 0. The van der Waals surface area contributed by atoms with Crippen LogP contribution in [0.5, 0.6) is 0 Å². The lowest BCUT2D eigenvalue weighted by atomic mass is 10.0. The number of carbonyl (C=O) groups is 12. The fourth-order valence-corrected chi connectivity index (χ4v) is 8.00. The molecule has 24 nitrogen and oxygen atoms in total. The average molecular weight is 1150 g/mol. The van der Waals surface area contributed by atoms with E-state index in [0.29, 0.717) is 0 Å². The molecule has 1 unspecified atom stereocenters. The van der Waals surface area contributed by atoms with Crippen LogP contribution in [-0.4, -0.2) is 144 Å². The number of rotatable bonds is 12. The highest BCUT2D eigenvalue weighted by molar-refractivity contribution is 5.95. The summed E-state index contributed by atoms with van der Waals surface area (Å²) in [6.07, 6.45) is -9.18. The minimum Gasteiger partial charge on any atom is -0.451 e. The van der Waals surface area contributed by atoms with Gasteiger partial charge in [-0.05, 0) is 93.3 Å². The van der Waals surface area contributed by atoms with Crippen molar-refractivity contribution in [1.82, 2.24) is 31.9 Å². The van der Waals surface area contributed by atoms with Crippen molar-refractivity contribution in [3.05, 3.63) is 0 Å². The molecule has 0 aromatic heterocycles. The van der Waals surface area contributed by atoms with Crippen LogP contribution in [0, 0.1) is 53.3 Å². The largest absolute Gasteiger partial charge is 0.451 e. The van der Waals surface area contributed by atoms with Crippen molar-refractivity contribution in [3.63, 3.8) is 0 Å². The van der Waals surface area contributed by atoms with Crippen LogP contribution in [0.2, 0.25) is 0 Å². The molecular formula is C57H96N6O18.